The van der Waals surface area contributed by atoms with E-state index in [1.807, 2.05) is 0 Å². The molecule has 8 heteroatoms. The highest BCUT2D eigenvalue weighted by atomic mass is 32.2. The fraction of sp³-hybridized carbons (Fsp3) is 0.357. The second kappa shape index (κ2) is 7.79. The van der Waals surface area contributed by atoms with Crippen molar-refractivity contribution >= 4 is 28.9 Å². The molecule has 0 radical (unpaired) electrons. The van der Waals surface area contributed by atoms with E-state index in [-0.39, 0.29) is 35.8 Å². The molecule has 0 aliphatic carbocycles. The number of carbonyl (C=O) groups excluding carboxylic acids is 3. The number of carbonyl (C=O) groups is 3. The van der Waals surface area contributed by atoms with Crippen molar-refractivity contribution in [2.45, 2.75) is 6.42 Å². The third-order valence-corrected chi connectivity index (χ3v) is 3.96. The van der Waals surface area contributed by atoms with Gasteiger partial charge in [-0.3, -0.25) is 14.5 Å². The van der Waals surface area contributed by atoms with Crippen molar-refractivity contribution in [3.63, 3.8) is 0 Å². The van der Waals surface area contributed by atoms with Gasteiger partial charge in [-0.05, 0) is 18.1 Å². The number of thioether (sulfide) groups is 1. The maximum atomic E-state index is 13.4. The molecule has 0 aromatic heterocycles. The Kier molecular flexibility index (Phi) is 5.76. The summed E-state index contributed by atoms with van der Waals surface area (Å²) in [5, 5.41) is 4.86. The summed E-state index contributed by atoms with van der Waals surface area (Å²) in [5.41, 5.74) is 0.535. The van der Waals surface area contributed by atoms with Crippen LogP contribution in [0.2, 0.25) is 0 Å². The van der Waals surface area contributed by atoms with Crippen LogP contribution in [-0.4, -0.2) is 47.5 Å². The van der Waals surface area contributed by atoms with Crippen LogP contribution in [0.15, 0.2) is 24.3 Å². The topological polar surface area (TPSA) is 78.5 Å². The summed E-state index contributed by atoms with van der Waals surface area (Å²) < 4.78 is 13.4. The molecule has 1 aliphatic rings. The molecule has 4 amide bonds. The molecule has 2 N–H and O–H groups in total. The van der Waals surface area contributed by atoms with Crippen LogP contribution in [0.5, 0.6) is 0 Å². The third-order valence-electron chi connectivity index (χ3n) is 3.10. The average molecular weight is 325 g/mol. The zero-order valence-electron chi connectivity index (χ0n) is 11.8. The molecule has 2 rings (SSSR count). The summed E-state index contributed by atoms with van der Waals surface area (Å²) in [6.07, 6.45) is 0.389. The molecule has 0 bridgehead atoms. The van der Waals surface area contributed by atoms with Gasteiger partial charge in [0.2, 0.25) is 5.91 Å². The molecule has 0 saturated carbocycles. The van der Waals surface area contributed by atoms with Crippen LogP contribution in [0.1, 0.15) is 5.56 Å². The van der Waals surface area contributed by atoms with E-state index in [1.54, 1.807) is 18.2 Å². The number of nitrogens with zero attached hydrogens (tertiary/aromatic N) is 1. The minimum absolute atomic E-state index is 0.158. The highest BCUT2D eigenvalue weighted by Crippen LogP contribution is 2.17. The predicted molar refractivity (Wildman–Crippen MR) is 81.1 cm³/mol. The zero-order chi connectivity index (χ0) is 15.9. The number of hydrogen-bond acceptors (Lipinski definition) is 4. The smallest absolute Gasteiger partial charge is 0.314 e. The third kappa shape index (κ3) is 4.45. The summed E-state index contributed by atoms with van der Waals surface area (Å²) in [7, 11) is 0. The van der Waals surface area contributed by atoms with Gasteiger partial charge in [0.05, 0.1) is 5.75 Å². The first kappa shape index (κ1) is 16.3. The van der Waals surface area contributed by atoms with E-state index in [0.717, 1.165) is 16.7 Å². The van der Waals surface area contributed by atoms with Crippen LogP contribution in [0.25, 0.3) is 0 Å². The average Bonchev–Trinajstić information content (AvgIpc) is 2.81. The molecule has 22 heavy (non-hydrogen) atoms. The van der Waals surface area contributed by atoms with E-state index >= 15 is 0 Å². The number of nitrogens with one attached hydrogen (secondary N) is 2. The largest absolute Gasteiger partial charge is 0.338 e. The molecule has 1 aromatic rings. The van der Waals surface area contributed by atoms with Crippen molar-refractivity contribution in [1.82, 2.24) is 15.5 Å². The summed E-state index contributed by atoms with van der Waals surface area (Å²) in [6.45, 7) is 0.638. The SMILES string of the molecule is O=C(NCCc1ccccc1F)NCCN1C(=O)CSC1=O. The lowest BCUT2D eigenvalue weighted by Crippen LogP contribution is -2.42. The number of amides is 4. The van der Waals surface area contributed by atoms with Crippen LogP contribution in [0.3, 0.4) is 0 Å². The quantitative estimate of drug-likeness (QED) is 0.828. The number of urea groups is 1. The van der Waals surface area contributed by atoms with Gasteiger partial charge in [0.15, 0.2) is 0 Å². The lowest BCUT2D eigenvalue weighted by atomic mass is 10.1. The highest BCUT2D eigenvalue weighted by molar-refractivity contribution is 8.14. The van der Waals surface area contributed by atoms with Crippen molar-refractivity contribution in [3.05, 3.63) is 35.6 Å². The highest BCUT2D eigenvalue weighted by Gasteiger charge is 2.29. The Labute approximate surface area is 131 Å². The fourth-order valence-electron chi connectivity index (χ4n) is 1.95. The molecule has 118 valence electrons. The van der Waals surface area contributed by atoms with E-state index in [1.165, 1.54) is 6.07 Å². The van der Waals surface area contributed by atoms with Gasteiger partial charge in [-0.25, -0.2) is 9.18 Å². The van der Waals surface area contributed by atoms with Gasteiger partial charge in [0.1, 0.15) is 5.82 Å². The number of imide groups is 1. The van der Waals surface area contributed by atoms with Gasteiger partial charge in [0.25, 0.3) is 5.24 Å². The molecule has 1 heterocycles. The fourth-order valence-corrected chi connectivity index (χ4v) is 2.70. The van der Waals surface area contributed by atoms with Gasteiger partial charge in [0, 0.05) is 19.6 Å². The van der Waals surface area contributed by atoms with Crippen molar-refractivity contribution in [2.24, 2.45) is 0 Å². The Balaban J connectivity index is 1.63. The van der Waals surface area contributed by atoms with E-state index in [4.69, 9.17) is 0 Å². The van der Waals surface area contributed by atoms with Crippen LogP contribution >= 0.6 is 11.8 Å². The van der Waals surface area contributed by atoms with E-state index in [2.05, 4.69) is 10.6 Å². The minimum atomic E-state index is -0.414. The van der Waals surface area contributed by atoms with Crippen molar-refractivity contribution in [1.29, 1.82) is 0 Å². The molecule has 0 spiro atoms. The van der Waals surface area contributed by atoms with Crippen molar-refractivity contribution < 1.29 is 18.8 Å². The molecular formula is C14H16FN3O3S. The van der Waals surface area contributed by atoms with Crippen molar-refractivity contribution in [2.75, 3.05) is 25.4 Å². The van der Waals surface area contributed by atoms with Crippen LogP contribution < -0.4 is 10.6 Å². The maximum absolute atomic E-state index is 13.4. The molecule has 1 aliphatic heterocycles. The first-order valence-electron chi connectivity index (χ1n) is 6.80. The summed E-state index contributed by atoms with van der Waals surface area (Å²) in [4.78, 5) is 35.3. The minimum Gasteiger partial charge on any atom is -0.338 e. The second-order valence-electron chi connectivity index (χ2n) is 4.62. The Bertz CT molecular complexity index is 566. The van der Waals surface area contributed by atoms with Crippen LogP contribution in [-0.2, 0) is 11.2 Å². The maximum Gasteiger partial charge on any atom is 0.314 e. The standard InChI is InChI=1S/C14H16FN3O3S/c15-11-4-2-1-3-10(11)5-6-16-13(20)17-7-8-18-12(19)9-22-14(18)21/h1-4H,5-9H2,(H2,16,17,20). The van der Waals surface area contributed by atoms with Gasteiger partial charge >= 0.3 is 6.03 Å². The Morgan fingerprint density at radius 2 is 1.95 bits per heavy atom. The Hall–Kier alpha value is -2.09. The first-order chi connectivity index (χ1) is 10.6. The Morgan fingerprint density at radius 1 is 1.23 bits per heavy atom. The molecule has 0 unspecified atom stereocenters. The van der Waals surface area contributed by atoms with Gasteiger partial charge in [-0.2, -0.15) is 0 Å². The number of hydrogen-bond donors (Lipinski definition) is 2. The lowest BCUT2D eigenvalue weighted by Gasteiger charge is -2.13. The van der Waals surface area contributed by atoms with Gasteiger partial charge in [-0.1, -0.05) is 30.0 Å². The number of rotatable bonds is 6. The molecular weight excluding hydrogens is 309 g/mol. The lowest BCUT2D eigenvalue weighted by molar-refractivity contribution is -0.124. The van der Waals surface area contributed by atoms with Gasteiger partial charge in [-0.15, -0.1) is 0 Å². The Morgan fingerprint density at radius 3 is 2.64 bits per heavy atom. The molecule has 6 nitrogen and oxygen atoms in total. The van der Waals surface area contributed by atoms with E-state index in [9.17, 15) is 18.8 Å². The number of halogens is 1. The first-order valence-corrected chi connectivity index (χ1v) is 7.78. The second-order valence-corrected chi connectivity index (χ2v) is 5.55. The van der Waals surface area contributed by atoms with Crippen molar-refractivity contribution in [3.8, 4) is 0 Å². The summed E-state index contributed by atoms with van der Waals surface area (Å²) in [5.74, 6) is -0.377. The van der Waals surface area contributed by atoms with Crippen LogP contribution in [0, 0.1) is 5.82 Å². The normalized spacial score (nSPS) is 14.3. The molecule has 1 fully saturated rings. The van der Waals surface area contributed by atoms with Gasteiger partial charge < -0.3 is 10.6 Å². The van der Waals surface area contributed by atoms with Crippen LogP contribution in [0.4, 0.5) is 14.0 Å². The predicted octanol–water partition coefficient (Wildman–Crippen LogP) is 1.36. The number of benzene rings is 1. The zero-order valence-corrected chi connectivity index (χ0v) is 12.6. The van der Waals surface area contributed by atoms with E-state index in [0.29, 0.717) is 18.5 Å². The molecule has 1 saturated heterocycles. The monoisotopic (exact) mass is 325 g/mol. The summed E-state index contributed by atoms with van der Waals surface area (Å²) in [6, 6.07) is 5.97. The molecule has 1 aromatic carbocycles. The summed E-state index contributed by atoms with van der Waals surface area (Å²) >= 11 is 0.959. The van der Waals surface area contributed by atoms with E-state index < -0.39 is 6.03 Å². The molecule has 0 atom stereocenters.